The summed E-state index contributed by atoms with van der Waals surface area (Å²) in [4.78, 5) is 14.0. The van der Waals surface area contributed by atoms with Crippen LogP contribution >= 0.6 is 11.6 Å². The number of aromatic amines is 1. The van der Waals surface area contributed by atoms with E-state index in [1.165, 1.54) is 11.1 Å². The summed E-state index contributed by atoms with van der Waals surface area (Å²) in [7, 11) is 0. The Bertz CT molecular complexity index is 851. The number of nitrogens with one attached hydrogen (secondary N) is 1. The maximum Gasteiger partial charge on any atom is 0.307 e. The summed E-state index contributed by atoms with van der Waals surface area (Å²) in [5.74, 6) is -0.807. The topological polar surface area (TPSA) is 53.1 Å². The molecule has 3 nitrogen and oxygen atoms in total. The van der Waals surface area contributed by atoms with Crippen LogP contribution in [0.4, 0.5) is 0 Å². The van der Waals surface area contributed by atoms with Gasteiger partial charge in [0.15, 0.2) is 0 Å². The lowest BCUT2D eigenvalue weighted by molar-refractivity contribution is -0.136. The number of halogens is 1. The first kappa shape index (κ1) is 14.7. The van der Waals surface area contributed by atoms with Gasteiger partial charge in [0.1, 0.15) is 0 Å². The van der Waals surface area contributed by atoms with Crippen LogP contribution in [-0.2, 0) is 17.6 Å². The molecule has 0 saturated carbocycles. The van der Waals surface area contributed by atoms with Gasteiger partial charge in [0.05, 0.1) is 6.42 Å². The molecule has 3 aromatic rings. The SMILES string of the molecule is Cc1cc(CC(=O)O)ccc1Cc1c[nH]c2ccc(Cl)cc12. The minimum atomic E-state index is -0.807. The highest BCUT2D eigenvalue weighted by Gasteiger charge is 2.08. The Morgan fingerprint density at radius 2 is 2.00 bits per heavy atom. The summed E-state index contributed by atoms with van der Waals surface area (Å²) < 4.78 is 0. The molecule has 0 fully saturated rings. The molecule has 22 heavy (non-hydrogen) atoms. The van der Waals surface area contributed by atoms with Crippen LogP contribution < -0.4 is 0 Å². The van der Waals surface area contributed by atoms with Gasteiger partial charge in [-0.1, -0.05) is 29.8 Å². The van der Waals surface area contributed by atoms with Crippen LogP contribution in [0.2, 0.25) is 5.02 Å². The first-order valence-corrected chi connectivity index (χ1v) is 7.46. The molecule has 0 saturated heterocycles. The molecule has 0 spiro atoms. The van der Waals surface area contributed by atoms with Gasteiger partial charge in [-0.25, -0.2) is 0 Å². The highest BCUT2D eigenvalue weighted by Crippen LogP contribution is 2.25. The zero-order chi connectivity index (χ0) is 15.7. The fraction of sp³-hybridized carbons (Fsp3) is 0.167. The molecule has 0 aliphatic heterocycles. The van der Waals surface area contributed by atoms with Crippen LogP contribution in [0, 0.1) is 6.92 Å². The molecule has 2 N–H and O–H groups in total. The molecule has 3 rings (SSSR count). The molecule has 112 valence electrons. The zero-order valence-electron chi connectivity index (χ0n) is 12.2. The van der Waals surface area contributed by atoms with E-state index in [1.54, 1.807) is 0 Å². The van der Waals surface area contributed by atoms with Crippen molar-refractivity contribution in [1.82, 2.24) is 4.98 Å². The first-order chi connectivity index (χ1) is 10.5. The maximum absolute atomic E-state index is 10.8. The molecule has 1 aromatic heterocycles. The second-order valence-corrected chi connectivity index (χ2v) is 5.95. The van der Waals surface area contributed by atoms with Crippen molar-refractivity contribution >= 4 is 28.5 Å². The van der Waals surface area contributed by atoms with Crippen molar-refractivity contribution in [3.8, 4) is 0 Å². The van der Waals surface area contributed by atoms with Crippen LogP contribution in [0.25, 0.3) is 10.9 Å². The van der Waals surface area contributed by atoms with Crippen LogP contribution in [-0.4, -0.2) is 16.1 Å². The highest BCUT2D eigenvalue weighted by molar-refractivity contribution is 6.31. The average Bonchev–Trinajstić information content (AvgIpc) is 2.83. The number of carbonyl (C=O) groups is 1. The largest absolute Gasteiger partial charge is 0.481 e. The highest BCUT2D eigenvalue weighted by atomic mass is 35.5. The van der Waals surface area contributed by atoms with Gasteiger partial charge in [-0.15, -0.1) is 0 Å². The molecule has 4 heteroatoms. The van der Waals surface area contributed by atoms with Gasteiger partial charge in [0.2, 0.25) is 0 Å². The van der Waals surface area contributed by atoms with E-state index in [2.05, 4.69) is 4.98 Å². The third kappa shape index (κ3) is 3.00. The second-order valence-electron chi connectivity index (χ2n) is 5.51. The van der Waals surface area contributed by atoms with E-state index in [-0.39, 0.29) is 6.42 Å². The Kier molecular flexibility index (Phi) is 3.90. The van der Waals surface area contributed by atoms with Crippen molar-refractivity contribution in [2.45, 2.75) is 19.8 Å². The quantitative estimate of drug-likeness (QED) is 0.752. The summed E-state index contributed by atoms with van der Waals surface area (Å²) in [6, 6.07) is 11.7. The van der Waals surface area contributed by atoms with E-state index in [0.717, 1.165) is 33.5 Å². The summed E-state index contributed by atoms with van der Waals surface area (Å²) in [6.45, 7) is 2.02. The summed E-state index contributed by atoms with van der Waals surface area (Å²) >= 11 is 6.08. The molecule has 0 bridgehead atoms. The van der Waals surface area contributed by atoms with Crippen molar-refractivity contribution in [2.24, 2.45) is 0 Å². The van der Waals surface area contributed by atoms with E-state index in [0.29, 0.717) is 0 Å². The van der Waals surface area contributed by atoms with Crippen LogP contribution in [0.15, 0.2) is 42.6 Å². The third-order valence-electron chi connectivity index (χ3n) is 3.87. The Morgan fingerprint density at radius 1 is 1.18 bits per heavy atom. The molecule has 1 heterocycles. The third-order valence-corrected chi connectivity index (χ3v) is 4.11. The fourth-order valence-corrected chi connectivity index (χ4v) is 2.92. The number of rotatable bonds is 4. The number of hydrogen-bond donors (Lipinski definition) is 2. The Balaban J connectivity index is 1.91. The molecule has 2 aromatic carbocycles. The summed E-state index contributed by atoms with van der Waals surface area (Å²) in [6.07, 6.45) is 2.86. The van der Waals surface area contributed by atoms with Gasteiger partial charge in [-0.05, 0) is 53.8 Å². The van der Waals surface area contributed by atoms with Gasteiger partial charge < -0.3 is 10.1 Å². The molecule has 0 atom stereocenters. The lowest BCUT2D eigenvalue weighted by atomic mass is 9.97. The normalized spacial score (nSPS) is 11.0. The number of H-pyrrole nitrogens is 1. The minimum Gasteiger partial charge on any atom is -0.481 e. The van der Waals surface area contributed by atoms with E-state index >= 15 is 0 Å². The number of fused-ring (bicyclic) bond motifs is 1. The smallest absolute Gasteiger partial charge is 0.307 e. The van der Waals surface area contributed by atoms with Crippen LogP contribution in [0.1, 0.15) is 22.3 Å². The molecule has 0 aliphatic carbocycles. The standard InChI is InChI=1S/C18H16ClNO2/c1-11-6-12(7-18(21)22)2-3-13(11)8-14-10-20-17-5-4-15(19)9-16(14)17/h2-6,9-10,20H,7-8H2,1H3,(H,21,22). The number of aryl methyl sites for hydroxylation is 1. The number of aliphatic carboxylic acids is 1. The van der Waals surface area contributed by atoms with Gasteiger partial charge in [0.25, 0.3) is 0 Å². The van der Waals surface area contributed by atoms with Gasteiger partial charge >= 0.3 is 5.97 Å². The van der Waals surface area contributed by atoms with Gasteiger partial charge in [0, 0.05) is 22.1 Å². The van der Waals surface area contributed by atoms with Crippen LogP contribution in [0.3, 0.4) is 0 Å². The van der Waals surface area contributed by atoms with Crippen molar-refractivity contribution in [1.29, 1.82) is 0 Å². The molecule has 0 aliphatic rings. The van der Waals surface area contributed by atoms with Gasteiger partial charge in [-0.2, -0.15) is 0 Å². The van der Waals surface area contributed by atoms with Crippen molar-refractivity contribution < 1.29 is 9.90 Å². The van der Waals surface area contributed by atoms with E-state index in [4.69, 9.17) is 16.7 Å². The zero-order valence-corrected chi connectivity index (χ0v) is 12.9. The van der Waals surface area contributed by atoms with Crippen molar-refractivity contribution in [3.63, 3.8) is 0 Å². The van der Waals surface area contributed by atoms with Crippen molar-refractivity contribution in [3.05, 3.63) is 69.9 Å². The average molecular weight is 314 g/mol. The van der Waals surface area contributed by atoms with E-state index in [9.17, 15) is 4.79 Å². The number of carboxylic acid groups (broad SMARTS) is 1. The van der Waals surface area contributed by atoms with Crippen molar-refractivity contribution in [2.75, 3.05) is 0 Å². The monoisotopic (exact) mass is 313 g/mol. The minimum absolute atomic E-state index is 0.0593. The maximum atomic E-state index is 10.8. The van der Waals surface area contributed by atoms with Gasteiger partial charge in [-0.3, -0.25) is 4.79 Å². The lowest BCUT2D eigenvalue weighted by Gasteiger charge is -2.07. The second kappa shape index (κ2) is 5.85. The molecule has 0 amide bonds. The molecule has 0 radical (unpaired) electrons. The number of carboxylic acids is 1. The van der Waals surface area contributed by atoms with Crippen LogP contribution in [0.5, 0.6) is 0 Å². The molecular weight excluding hydrogens is 298 g/mol. The lowest BCUT2D eigenvalue weighted by Crippen LogP contribution is -2.01. The Morgan fingerprint density at radius 3 is 2.73 bits per heavy atom. The summed E-state index contributed by atoms with van der Waals surface area (Å²) in [5.41, 5.74) is 5.38. The van der Waals surface area contributed by atoms with E-state index in [1.807, 2.05) is 49.5 Å². The first-order valence-electron chi connectivity index (χ1n) is 7.08. The predicted molar refractivity (Wildman–Crippen MR) is 88.6 cm³/mol. The predicted octanol–water partition coefficient (Wildman–Crippen LogP) is 4.35. The fourth-order valence-electron chi connectivity index (χ4n) is 2.74. The Hall–Kier alpha value is -2.26. The number of benzene rings is 2. The van der Waals surface area contributed by atoms with E-state index < -0.39 is 5.97 Å². The number of aromatic nitrogens is 1. The molecular formula is C18H16ClNO2. The number of hydrogen-bond acceptors (Lipinski definition) is 1. The molecule has 0 unspecified atom stereocenters. The summed E-state index contributed by atoms with van der Waals surface area (Å²) in [5, 5.41) is 10.7. The Labute approximate surface area is 133 Å².